The van der Waals surface area contributed by atoms with Crippen LogP contribution in [0.1, 0.15) is 28.8 Å². The van der Waals surface area contributed by atoms with Gasteiger partial charge in [-0.15, -0.1) is 0 Å². The van der Waals surface area contributed by atoms with Gasteiger partial charge in [-0.05, 0) is 30.2 Å². The minimum Gasteiger partial charge on any atom is -0.409 e. The van der Waals surface area contributed by atoms with Crippen molar-refractivity contribution in [2.24, 2.45) is 5.16 Å². The van der Waals surface area contributed by atoms with Gasteiger partial charge in [0.25, 0.3) is 0 Å². The van der Waals surface area contributed by atoms with Crippen molar-refractivity contribution in [1.82, 2.24) is 4.90 Å². The highest BCUT2D eigenvalue weighted by atomic mass is 19.1. The lowest BCUT2D eigenvalue weighted by Gasteiger charge is -2.31. The predicted octanol–water partition coefficient (Wildman–Crippen LogP) is 1.77. The van der Waals surface area contributed by atoms with Crippen molar-refractivity contribution in [3.05, 3.63) is 35.1 Å². The first-order valence-corrected chi connectivity index (χ1v) is 5.51. The molecule has 1 N–H and O–H groups in total. The smallest absolute Gasteiger partial charge is 0.185 e. The molecule has 1 aromatic rings. The molecule has 2 heterocycles. The van der Waals surface area contributed by atoms with Gasteiger partial charge in [-0.3, -0.25) is 4.79 Å². The second-order valence-corrected chi connectivity index (χ2v) is 4.36. The Morgan fingerprint density at radius 1 is 1.47 bits per heavy atom. The number of benzene rings is 1. The third-order valence-corrected chi connectivity index (χ3v) is 3.44. The summed E-state index contributed by atoms with van der Waals surface area (Å²) >= 11 is 0. The van der Waals surface area contributed by atoms with Gasteiger partial charge >= 0.3 is 0 Å². The Balaban J connectivity index is 2.08. The van der Waals surface area contributed by atoms with E-state index in [1.54, 1.807) is 11.0 Å². The fourth-order valence-corrected chi connectivity index (χ4v) is 2.62. The van der Waals surface area contributed by atoms with Gasteiger partial charge in [-0.25, -0.2) is 4.39 Å². The number of hydrogen-bond donors (Lipinski definition) is 1. The number of amidine groups is 1. The minimum absolute atomic E-state index is 0.00935. The number of Topliss-reactive ketones (excluding diaryl/α,β-unsaturated/α-hetero) is 1. The van der Waals surface area contributed by atoms with Crippen molar-refractivity contribution < 1.29 is 14.4 Å². The summed E-state index contributed by atoms with van der Waals surface area (Å²) in [5.41, 5.74) is 1.25. The van der Waals surface area contributed by atoms with Crippen molar-refractivity contribution in [2.75, 3.05) is 0 Å². The number of carbonyl (C=O) groups excluding carboxylic acids is 1. The normalized spacial score (nSPS) is 25.0. The molecular formula is C12H11FN2O2. The van der Waals surface area contributed by atoms with E-state index in [0.29, 0.717) is 36.3 Å². The average Bonchev–Trinajstić information content (AvgIpc) is 2.72. The number of halogens is 1. The number of carbonyl (C=O) groups is 1. The molecule has 0 spiro atoms. The number of rotatable bonds is 0. The molecule has 0 aromatic heterocycles. The van der Waals surface area contributed by atoms with Gasteiger partial charge in [-0.1, -0.05) is 5.16 Å². The molecule has 0 aliphatic carbocycles. The van der Waals surface area contributed by atoms with Crippen molar-refractivity contribution in [2.45, 2.75) is 25.4 Å². The first-order chi connectivity index (χ1) is 8.20. The first-order valence-electron chi connectivity index (χ1n) is 5.51. The van der Waals surface area contributed by atoms with Crippen LogP contribution in [0.3, 0.4) is 0 Å². The molecule has 0 bridgehead atoms. The zero-order valence-electron chi connectivity index (χ0n) is 9.06. The van der Waals surface area contributed by atoms with E-state index < -0.39 is 0 Å². The average molecular weight is 234 g/mol. The van der Waals surface area contributed by atoms with Gasteiger partial charge < -0.3 is 10.1 Å². The van der Waals surface area contributed by atoms with Crippen LogP contribution in [-0.4, -0.2) is 27.8 Å². The summed E-state index contributed by atoms with van der Waals surface area (Å²) < 4.78 is 13.1. The van der Waals surface area contributed by atoms with Crippen molar-refractivity contribution in [3.8, 4) is 0 Å². The molecule has 1 fully saturated rings. The summed E-state index contributed by atoms with van der Waals surface area (Å²) in [4.78, 5) is 13.9. The van der Waals surface area contributed by atoms with Crippen LogP contribution in [0.15, 0.2) is 23.4 Å². The summed E-state index contributed by atoms with van der Waals surface area (Å²) in [7, 11) is 0. The summed E-state index contributed by atoms with van der Waals surface area (Å²) in [5.74, 6) is 0.153. The predicted molar refractivity (Wildman–Crippen MR) is 58.5 cm³/mol. The van der Waals surface area contributed by atoms with Crippen LogP contribution in [0, 0.1) is 5.82 Å². The number of fused-ring (bicyclic) bond motifs is 2. The van der Waals surface area contributed by atoms with Crippen LogP contribution < -0.4 is 0 Å². The van der Waals surface area contributed by atoms with E-state index in [9.17, 15) is 9.18 Å². The minimum atomic E-state index is -0.350. The quantitative estimate of drug-likeness (QED) is 0.550. The van der Waals surface area contributed by atoms with E-state index in [1.165, 1.54) is 12.1 Å². The molecule has 1 saturated heterocycles. The molecule has 5 heteroatoms. The molecule has 88 valence electrons. The maximum Gasteiger partial charge on any atom is 0.185 e. The summed E-state index contributed by atoms with van der Waals surface area (Å²) in [6, 6.07) is 3.97. The van der Waals surface area contributed by atoms with Gasteiger partial charge in [0.05, 0.1) is 6.04 Å². The van der Waals surface area contributed by atoms with E-state index >= 15 is 0 Å². The van der Waals surface area contributed by atoms with Crippen molar-refractivity contribution >= 4 is 11.6 Å². The fraction of sp³-hybridized carbons (Fsp3) is 0.333. The van der Waals surface area contributed by atoms with Crippen LogP contribution in [0.4, 0.5) is 4.39 Å². The molecule has 0 amide bonds. The molecule has 2 aliphatic rings. The zero-order chi connectivity index (χ0) is 12.0. The summed E-state index contributed by atoms with van der Waals surface area (Å²) in [6.45, 7) is 0.433. The zero-order valence-corrected chi connectivity index (χ0v) is 9.06. The van der Waals surface area contributed by atoms with Crippen LogP contribution in [0.2, 0.25) is 0 Å². The van der Waals surface area contributed by atoms with Crippen LogP contribution >= 0.6 is 0 Å². The Bertz CT molecular complexity index is 527. The number of nitrogens with zero attached hydrogens (tertiary/aromatic N) is 2. The third kappa shape index (κ3) is 1.42. The largest absolute Gasteiger partial charge is 0.409 e. The second-order valence-electron chi connectivity index (χ2n) is 4.36. The molecule has 3 rings (SSSR count). The maximum absolute atomic E-state index is 13.1. The highest BCUT2D eigenvalue weighted by Crippen LogP contribution is 2.31. The Hall–Kier alpha value is -1.91. The Labute approximate surface area is 97.3 Å². The fourth-order valence-electron chi connectivity index (χ4n) is 2.62. The van der Waals surface area contributed by atoms with E-state index in [2.05, 4.69) is 5.16 Å². The van der Waals surface area contributed by atoms with Crippen molar-refractivity contribution in [1.29, 1.82) is 0 Å². The highest BCUT2D eigenvalue weighted by Gasteiger charge is 2.39. The lowest BCUT2D eigenvalue weighted by molar-refractivity contribution is 0.0872. The molecular weight excluding hydrogens is 223 g/mol. The third-order valence-electron chi connectivity index (χ3n) is 3.44. The van der Waals surface area contributed by atoms with E-state index in [0.717, 1.165) is 0 Å². The second kappa shape index (κ2) is 3.55. The molecule has 1 unspecified atom stereocenters. The Morgan fingerprint density at radius 2 is 2.29 bits per heavy atom. The number of ketones is 1. The Kier molecular flexibility index (Phi) is 2.14. The topological polar surface area (TPSA) is 52.9 Å². The molecule has 2 aliphatic heterocycles. The standard InChI is InChI=1S/C12H11FN2O2/c13-8-1-2-9-7(5-8)6-15-10(12(9)16)3-4-11(15)14-17/h1-2,5,10,17H,3-4,6H2. The van der Waals surface area contributed by atoms with Gasteiger partial charge in [0, 0.05) is 18.5 Å². The summed E-state index contributed by atoms with van der Waals surface area (Å²) in [6.07, 6.45) is 1.25. The van der Waals surface area contributed by atoms with Crippen LogP contribution in [-0.2, 0) is 6.54 Å². The number of oxime groups is 1. The molecule has 1 atom stereocenters. The maximum atomic E-state index is 13.1. The molecule has 0 saturated carbocycles. The first kappa shape index (κ1) is 10.3. The van der Waals surface area contributed by atoms with E-state index in [-0.39, 0.29) is 17.6 Å². The molecule has 17 heavy (non-hydrogen) atoms. The number of hydrogen-bond acceptors (Lipinski definition) is 3. The highest BCUT2D eigenvalue weighted by molar-refractivity contribution is 6.06. The van der Waals surface area contributed by atoms with E-state index in [1.807, 2.05) is 0 Å². The van der Waals surface area contributed by atoms with Crippen molar-refractivity contribution in [3.63, 3.8) is 0 Å². The lowest BCUT2D eigenvalue weighted by Crippen LogP contribution is -2.42. The van der Waals surface area contributed by atoms with E-state index in [4.69, 9.17) is 5.21 Å². The van der Waals surface area contributed by atoms with Crippen LogP contribution in [0.25, 0.3) is 0 Å². The molecule has 4 nitrogen and oxygen atoms in total. The summed E-state index contributed by atoms with van der Waals surface area (Å²) in [5, 5.41) is 12.1. The SMILES string of the molecule is O=C1c2ccc(F)cc2CN2C(=NO)CCC12. The van der Waals surface area contributed by atoms with Crippen LogP contribution in [0.5, 0.6) is 0 Å². The lowest BCUT2D eigenvalue weighted by atomic mass is 9.93. The van der Waals surface area contributed by atoms with Gasteiger partial charge in [0.1, 0.15) is 11.7 Å². The van der Waals surface area contributed by atoms with Gasteiger partial charge in [0.15, 0.2) is 5.78 Å². The Morgan fingerprint density at radius 3 is 3.06 bits per heavy atom. The monoisotopic (exact) mass is 234 g/mol. The van der Waals surface area contributed by atoms with Gasteiger partial charge in [0.2, 0.25) is 0 Å². The molecule has 1 aromatic carbocycles. The molecule has 0 radical (unpaired) electrons. The van der Waals surface area contributed by atoms with Gasteiger partial charge in [-0.2, -0.15) is 0 Å².